The summed E-state index contributed by atoms with van der Waals surface area (Å²) in [6, 6.07) is -1.36. The van der Waals surface area contributed by atoms with Gasteiger partial charge in [-0.25, -0.2) is 0 Å². The van der Waals surface area contributed by atoms with Gasteiger partial charge < -0.3 is 169 Å². The molecule has 0 aromatic heterocycles. The molecule has 0 saturated carbocycles. The van der Waals surface area contributed by atoms with E-state index in [0.717, 1.165) is 0 Å². The molecule has 35 heteroatoms. The summed E-state index contributed by atoms with van der Waals surface area (Å²) in [7, 11) is 0. The van der Waals surface area contributed by atoms with Gasteiger partial charge in [0.2, 0.25) is 0 Å². The molecule has 21 rings (SSSR count). The number of hydrogen-bond acceptors (Lipinski definition) is 35. The first-order valence-electron chi connectivity index (χ1n) is 24.7. The van der Waals surface area contributed by atoms with Crippen molar-refractivity contribution in [1.82, 2.24) is 0 Å². The zero-order chi connectivity index (χ0) is 56.1. The average molecular weight is 1150 g/mol. The predicted molar refractivity (Wildman–Crippen MR) is 237 cm³/mol. The molecule has 21 heterocycles. The van der Waals surface area contributed by atoms with Crippen LogP contribution in [-0.4, -0.2) is 357 Å². The van der Waals surface area contributed by atoms with Crippen LogP contribution in [0, 0.1) is 0 Å². The Labute approximate surface area is 441 Å². The highest BCUT2D eigenvalue weighted by Gasteiger charge is 2.59. The topological polar surface area (TPSA) is 540 Å². The highest BCUT2D eigenvalue weighted by molar-refractivity contribution is 7.81. The largest absolute Gasteiger partial charge is 0.394 e. The molecule has 14 bridgehead atoms. The van der Waals surface area contributed by atoms with Crippen molar-refractivity contribution in [2.24, 2.45) is 5.73 Å². The van der Waals surface area contributed by atoms with Gasteiger partial charge in [0.05, 0.1) is 57.5 Å². The summed E-state index contributed by atoms with van der Waals surface area (Å²) in [5.74, 6) is 0. The van der Waals surface area contributed by atoms with Crippen molar-refractivity contribution in [2.75, 3.05) is 46.2 Å². The Hall–Kier alpha value is -1.01. The van der Waals surface area contributed by atoms with Crippen molar-refractivity contribution < 1.29 is 163 Å². The van der Waals surface area contributed by atoms with Crippen LogP contribution >= 0.6 is 12.6 Å². The van der Waals surface area contributed by atoms with E-state index in [1.165, 1.54) is 0 Å². The van der Waals surface area contributed by atoms with Gasteiger partial charge in [-0.15, -0.1) is 0 Å². The number of aliphatic hydroxyl groups excluding tert-OH is 19. The third-order valence-corrected chi connectivity index (χ3v) is 15.5. The lowest BCUT2D eigenvalue weighted by Crippen LogP contribution is -2.68. The van der Waals surface area contributed by atoms with Gasteiger partial charge in [0, 0.05) is 0 Å². The van der Waals surface area contributed by atoms with Crippen LogP contribution in [0.3, 0.4) is 0 Å². The number of rotatable bonds is 7. The van der Waals surface area contributed by atoms with Gasteiger partial charge in [0.25, 0.3) is 0 Å². The van der Waals surface area contributed by atoms with Gasteiger partial charge >= 0.3 is 0 Å². The zero-order valence-corrected chi connectivity index (χ0v) is 41.3. The third-order valence-electron chi connectivity index (χ3n) is 14.9. The molecule has 21 N–H and O–H groups in total. The van der Waals surface area contributed by atoms with Gasteiger partial charge in [-0.3, -0.25) is 0 Å². The molecule has 0 aromatic rings. The van der Waals surface area contributed by atoms with Crippen molar-refractivity contribution >= 4 is 12.6 Å². The molecule has 34 nitrogen and oxygen atoms in total. The highest BCUT2D eigenvalue weighted by Crippen LogP contribution is 2.39. The van der Waals surface area contributed by atoms with Crippen LogP contribution < -0.4 is 5.73 Å². The number of ether oxygens (including phenoxy) is 14. The minimum atomic E-state index is -2.19. The molecule has 77 heavy (non-hydrogen) atoms. The van der Waals surface area contributed by atoms with Gasteiger partial charge in [-0.05, 0) is 0 Å². The molecule has 21 fully saturated rings. The predicted octanol–water partition coefficient (Wildman–Crippen LogP) is -14.3. The van der Waals surface area contributed by atoms with Gasteiger partial charge in [-0.1, -0.05) is 0 Å². The summed E-state index contributed by atoms with van der Waals surface area (Å²) < 4.78 is 80.7. The second-order valence-corrected chi connectivity index (χ2v) is 20.3. The fourth-order valence-corrected chi connectivity index (χ4v) is 10.8. The SMILES string of the molecule is N[C@H]1[C@H](S)[C@H]2O[C@H]3[C@H](O)[C@@H](O)[C@@H](O[C@H]4[C@H](O)[C@@H](O)[C@@H](O[C@H]5[C@H](O)[C@@H](O)[C@@H](O[C@H]6[C@H](O)[C@@H](O)[C@@H](O[C@H]7[C@H](O)[C@@H](O)[C@@H](O[C@H]8[C@H](O)[C@@H](O)[C@@H](O[C@@H]1[C@@H](CO)O2)O[C@@H]8CO)O[C@@H]7CO)O[C@@H]6CO)O[C@@H]5CO)O[C@@H]4CO)O[C@@H]3CO. The molecule has 0 aliphatic carbocycles. The van der Waals surface area contributed by atoms with Gasteiger partial charge in [0.1, 0.15) is 159 Å². The van der Waals surface area contributed by atoms with Crippen LogP contribution in [0.15, 0.2) is 0 Å². The maximum Gasteiger partial charge on any atom is 0.187 e. The Kier molecular flexibility index (Phi) is 21.2. The Balaban J connectivity index is 1.08. The number of aliphatic hydroxyl groups is 19. The first-order valence-corrected chi connectivity index (χ1v) is 25.2. The van der Waals surface area contributed by atoms with Gasteiger partial charge in [0.15, 0.2) is 44.0 Å². The molecule has 21 aliphatic heterocycles. The number of nitrogens with two attached hydrogens (primary N) is 1. The molecule has 448 valence electrons. The highest BCUT2D eigenvalue weighted by atomic mass is 32.1. The molecule has 0 amide bonds. The zero-order valence-electron chi connectivity index (χ0n) is 40.4. The fourth-order valence-electron chi connectivity index (χ4n) is 10.5. The first-order chi connectivity index (χ1) is 36.7. The molecule has 21 saturated heterocycles. The van der Waals surface area contributed by atoms with Crippen LogP contribution in [0.4, 0.5) is 0 Å². The maximum absolute atomic E-state index is 11.4. The van der Waals surface area contributed by atoms with E-state index in [1.54, 1.807) is 0 Å². The molecule has 35 atom stereocenters. The van der Waals surface area contributed by atoms with Crippen LogP contribution in [0.5, 0.6) is 0 Å². The lowest BCUT2D eigenvalue weighted by molar-refractivity contribution is -0.396. The first kappa shape index (κ1) is 62.0. The molecule has 0 aromatic carbocycles. The Morgan fingerprint density at radius 2 is 0.390 bits per heavy atom. The summed E-state index contributed by atoms with van der Waals surface area (Å²) in [4.78, 5) is 0. The van der Waals surface area contributed by atoms with E-state index in [2.05, 4.69) is 12.6 Å². The standard InChI is InChI=1S/C42H71NO33S/c43-15-28-8(1-44)69-42(35(15)77)76-34-14(7-50)68-41(27(62)21(34)56)75-33-13(6-49)67-40(26(61)20(33)55)74-32-12(5-48)66-39(25(60)19(32)54)73-31-11(4-47)65-38(24(59)18(31)53)72-30-10(3-46)64-37(23(58)17(30)52)71-29-9(2-45)63-36(70-28)22(57)16(29)51/h8-42,44-62,77H,1-7,43H2/t8-,9-,10-,11-,12-,13-,14-,15-,16-,17-,18-,19-,20-,21-,22-,23-,24-,25-,26-,27-,28-,29-,30-,31-,32-,33-,34-,35+,36-,37-,38-,39-,40-,41-,42-/m1/s1. The molecular formula is C42H71NO33S. The summed E-state index contributed by atoms with van der Waals surface area (Å²) in [6.45, 7) is -6.93. The minimum Gasteiger partial charge on any atom is -0.394 e. The Morgan fingerprint density at radius 3 is 0.584 bits per heavy atom. The second kappa shape index (κ2) is 26.3. The normalized spacial score (nSPS) is 55.4. The van der Waals surface area contributed by atoms with E-state index in [-0.39, 0.29) is 0 Å². The summed E-state index contributed by atoms with van der Waals surface area (Å²) in [5.41, 5.74) is 6.52. The lowest BCUT2D eigenvalue weighted by atomic mass is 9.95. The second-order valence-electron chi connectivity index (χ2n) is 19.7. The molecule has 0 unspecified atom stereocenters. The minimum absolute atomic E-state index is 0.890. The lowest BCUT2D eigenvalue weighted by Gasteiger charge is -2.50. The van der Waals surface area contributed by atoms with E-state index >= 15 is 0 Å². The van der Waals surface area contributed by atoms with E-state index < -0.39 is 260 Å². The Bertz CT molecular complexity index is 1480. The average Bonchev–Trinajstić information content (AvgIpc) is 3.45. The quantitative estimate of drug-likeness (QED) is 0.105. The monoisotopic (exact) mass is 1150 g/mol. The summed E-state index contributed by atoms with van der Waals surface area (Å²) in [6.07, 6.45) is -63.2. The van der Waals surface area contributed by atoms with Crippen LogP contribution in [0.25, 0.3) is 0 Å². The van der Waals surface area contributed by atoms with Crippen molar-refractivity contribution in [3.05, 3.63) is 0 Å². The third kappa shape index (κ3) is 12.2. The van der Waals surface area contributed by atoms with Crippen molar-refractivity contribution in [3.63, 3.8) is 0 Å². The molecule has 0 radical (unpaired) electrons. The van der Waals surface area contributed by atoms with E-state index in [0.29, 0.717) is 0 Å². The molecule has 21 aliphatic rings. The van der Waals surface area contributed by atoms with Crippen molar-refractivity contribution in [1.29, 1.82) is 0 Å². The van der Waals surface area contributed by atoms with Gasteiger partial charge in [-0.2, -0.15) is 12.6 Å². The van der Waals surface area contributed by atoms with E-state index in [1.807, 2.05) is 0 Å². The Morgan fingerprint density at radius 1 is 0.234 bits per heavy atom. The van der Waals surface area contributed by atoms with Crippen LogP contribution in [0.1, 0.15) is 0 Å². The van der Waals surface area contributed by atoms with Crippen LogP contribution in [0.2, 0.25) is 0 Å². The fraction of sp³-hybridized carbons (Fsp3) is 1.00. The molecular weight excluding hydrogens is 1080 g/mol. The van der Waals surface area contributed by atoms with Crippen molar-refractivity contribution in [2.45, 2.75) is 214 Å². The smallest absolute Gasteiger partial charge is 0.187 e. The maximum atomic E-state index is 11.4. The van der Waals surface area contributed by atoms with Crippen LogP contribution in [-0.2, 0) is 66.3 Å². The van der Waals surface area contributed by atoms with E-state index in [4.69, 9.17) is 72.0 Å². The number of hydrogen-bond donors (Lipinski definition) is 21. The summed E-state index contributed by atoms with van der Waals surface area (Å²) in [5, 5.41) is 207. The number of thiol groups is 1. The van der Waals surface area contributed by atoms with Crippen molar-refractivity contribution in [3.8, 4) is 0 Å². The van der Waals surface area contributed by atoms with E-state index in [9.17, 15) is 97.0 Å². The molecule has 0 spiro atoms. The summed E-state index contributed by atoms with van der Waals surface area (Å²) >= 11 is 4.49.